The topological polar surface area (TPSA) is 76.3 Å². The second-order valence-corrected chi connectivity index (χ2v) is 4.26. The Morgan fingerprint density at radius 1 is 1.41 bits per heavy atom. The van der Waals surface area contributed by atoms with Crippen molar-refractivity contribution < 1.29 is 9.59 Å². The lowest BCUT2D eigenvalue weighted by molar-refractivity contribution is 0.0651. The first-order valence-corrected chi connectivity index (χ1v) is 5.61. The van der Waals surface area contributed by atoms with Gasteiger partial charge in [0.25, 0.3) is 11.8 Å². The van der Waals surface area contributed by atoms with E-state index in [9.17, 15) is 9.59 Å². The fourth-order valence-electron chi connectivity index (χ4n) is 1.73. The number of rotatable bonds is 4. The zero-order chi connectivity index (χ0) is 12.4. The number of hydrogen-bond donors (Lipinski definition) is 1. The van der Waals surface area contributed by atoms with E-state index in [-0.39, 0.29) is 17.5 Å². The van der Waals surface area contributed by atoms with Gasteiger partial charge in [0, 0.05) is 12.7 Å². The van der Waals surface area contributed by atoms with Crippen LogP contribution in [0.4, 0.5) is 0 Å². The van der Waals surface area contributed by atoms with E-state index >= 15 is 0 Å². The summed E-state index contributed by atoms with van der Waals surface area (Å²) in [6, 6.07) is 3.25. The summed E-state index contributed by atoms with van der Waals surface area (Å²) in [5, 5.41) is 0. The van der Waals surface area contributed by atoms with Crippen molar-refractivity contribution in [2.24, 2.45) is 5.73 Å². The summed E-state index contributed by atoms with van der Waals surface area (Å²) >= 11 is 4.74. The molecule has 17 heavy (non-hydrogen) atoms. The number of imide groups is 1. The number of fused-ring (bicyclic) bond motifs is 1. The summed E-state index contributed by atoms with van der Waals surface area (Å²) < 4.78 is 0. The van der Waals surface area contributed by atoms with Crippen molar-refractivity contribution in [1.29, 1.82) is 0 Å². The highest BCUT2D eigenvalue weighted by Crippen LogP contribution is 2.20. The molecule has 0 saturated carbocycles. The molecule has 2 N–H and O–H groups in total. The van der Waals surface area contributed by atoms with Crippen molar-refractivity contribution >= 4 is 29.0 Å². The van der Waals surface area contributed by atoms with Crippen LogP contribution in [0, 0.1) is 0 Å². The molecule has 6 heteroatoms. The van der Waals surface area contributed by atoms with Crippen molar-refractivity contribution in [2.75, 3.05) is 6.54 Å². The molecule has 0 saturated heterocycles. The monoisotopic (exact) mass is 249 g/mol. The van der Waals surface area contributed by atoms with Gasteiger partial charge in [0.15, 0.2) is 0 Å². The highest BCUT2D eigenvalue weighted by Gasteiger charge is 2.35. The fourth-order valence-corrected chi connectivity index (χ4v) is 1.87. The van der Waals surface area contributed by atoms with E-state index in [1.54, 1.807) is 12.1 Å². The number of nitrogens with two attached hydrogens (primary N) is 1. The summed E-state index contributed by atoms with van der Waals surface area (Å²) in [7, 11) is 0. The van der Waals surface area contributed by atoms with Crippen LogP contribution in [-0.2, 0) is 0 Å². The van der Waals surface area contributed by atoms with Crippen LogP contribution in [0.5, 0.6) is 0 Å². The number of hydrogen-bond acceptors (Lipinski definition) is 4. The zero-order valence-corrected chi connectivity index (χ0v) is 9.87. The first-order chi connectivity index (χ1) is 8.11. The third kappa shape index (κ3) is 2.16. The lowest BCUT2D eigenvalue weighted by Crippen LogP contribution is -2.31. The summed E-state index contributed by atoms with van der Waals surface area (Å²) in [5.74, 6) is -0.630. The molecule has 5 nitrogen and oxygen atoms in total. The zero-order valence-electron chi connectivity index (χ0n) is 9.05. The Morgan fingerprint density at radius 2 is 2.18 bits per heavy atom. The van der Waals surface area contributed by atoms with Crippen molar-refractivity contribution in [3.05, 3.63) is 29.6 Å². The number of pyridine rings is 1. The molecule has 0 bridgehead atoms. The molecule has 0 spiro atoms. The summed E-state index contributed by atoms with van der Waals surface area (Å²) in [4.78, 5) is 29.2. The molecule has 1 aliphatic heterocycles. The van der Waals surface area contributed by atoms with Gasteiger partial charge in [-0.3, -0.25) is 19.5 Å². The molecule has 0 aliphatic carbocycles. The van der Waals surface area contributed by atoms with E-state index in [1.807, 2.05) is 0 Å². The lowest BCUT2D eigenvalue weighted by atomic mass is 10.2. The normalized spacial score (nSPS) is 14.0. The van der Waals surface area contributed by atoms with Crippen LogP contribution in [0.3, 0.4) is 0 Å². The smallest absolute Gasteiger partial charge is 0.280 e. The minimum atomic E-state index is -0.339. The van der Waals surface area contributed by atoms with Gasteiger partial charge in [0.2, 0.25) is 0 Å². The Morgan fingerprint density at radius 3 is 2.82 bits per heavy atom. The van der Waals surface area contributed by atoms with Gasteiger partial charge in [-0.1, -0.05) is 12.2 Å². The van der Waals surface area contributed by atoms with Crippen molar-refractivity contribution in [1.82, 2.24) is 9.88 Å². The molecule has 2 heterocycles. The highest BCUT2D eigenvalue weighted by molar-refractivity contribution is 7.80. The first kappa shape index (κ1) is 11.7. The Hall–Kier alpha value is -1.82. The second kappa shape index (κ2) is 4.58. The van der Waals surface area contributed by atoms with Gasteiger partial charge in [-0.2, -0.15) is 0 Å². The van der Waals surface area contributed by atoms with Crippen LogP contribution in [-0.4, -0.2) is 33.2 Å². The molecule has 0 aromatic carbocycles. The largest absolute Gasteiger partial charge is 0.393 e. The van der Waals surface area contributed by atoms with E-state index in [2.05, 4.69) is 4.98 Å². The number of amides is 2. The van der Waals surface area contributed by atoms with Crippen LogP contribution in [0.2, 0.25) is 0 Å². The van der Waals surface area contributed by atoms with Gasteiger partial charge in [0.1, 0.15) is 5.69 Å². The van der Waals surface area contributed by atoms with Crippen LogP contribution in [0.25, 0.3) is 0 Å². The molecular weight excluding hydrogens is 238 g/mol. The molecular formula is C11H11N3O2S. The Balaban J connectivity index is 2.11. The number of carbonyl (C=O) groups excluding carboxylic acids is 2. The van der Waals surface area contributed by atoms with Gasteiger partial charge in [-0.25, -0.2) is 0 Å². The second-order valence-electron chi connectivity index (χ2n) is 3.73. The quantitative estimate of drug-likeness (QED) is 0.629. The third-order valence-corrected chi connectivity index (χ3v) is 2.74. The molecule has 1 aromatic heterocycles. The van der Waals surface area contributed by atoms with E-state index in [1.165, 1.54) is 11.1 Å². The van der Waals surface area contributed by atoms with Gasteiger partial charge in [0.05, 0.1) is 10.6 Å². The molecule has 2 amide bonds. The van der Waals surface area contributed by atoms with Gasteiger partial charge in [-0.05, 0) is 25.0 Å². The fraction of sp³-hybridized carbons (Fsp3) is 0.273. The molecule has 0 radical (unpaired) electrons. The van der Waals surface area contributed by atoms with E-state index in [0.29, 0.717) is 29.9 Å². The van der Waals surface area contributed by atoms with Crippen LogP contribution >= 0.6 is 12.2 Å². The van der Waals surface area contributed by atoms with E-state index in [0.717, 1.165) is 0 Å². The summed E-state index contributed by atoms with van der Waals surface area (Å²) in [6.45, 7) is 0.325. The minimum Gasteiger partial charge on any atom is -0.393 e. The highest BCUT2D eigenvalue weighted by atomic mass is 32.1. The summed E-state index contributed by atoms with van der Waals surface area (Å²) in [6.07, 6.45) is 2.61. The number of nitrogens with zero attached hydrogens (tertiary/aromatic N) is 2. The van der Waals surface area contributed by atoms with Crippen LogP contribution in [0.1, 0.15) is 33.7 Å². The molecule has 0 unspecified atom stereocenters. The lowest BCUT2D eigenvalue weighted by Gasteiger charge is -2.12. The first-order valence-electron chi connectivity index (χ1n) is 5.21. The average Bonchev–Trinajstić information content (AvgIpc) is 2.54. The predicted octanol–water partition coefficient (Wildman–Crippen LogP) is 0.744. The Labute approximate surface area is 104 Å². The molecule has 0 fully saturated rings. The SMILES string of the molecule is NC(=S)CCCN1C(=O)c2cccnc2C1=O. The third-order valence-electron chi connectivity index (χ3n) is 2.54. The molecule has 1 aromatic rings. The summed E-state index contributed by atoms with van der Waals surface area (Å²) in [5.41, 5.74) is 5.96. The van der Waals surface area contributed by atoms with Gasteiger partial charge in [-0.15, -0.1) is 0 Å². The van der Waals surface area contributed by atoms with Gasteiger partial charge < -0.3 is 5.73 Å². The maximum atomic E-state index is 11.9. The standard InChI is InChI=1S/C11H11N3O2S/c12-8(17)4-2-6-14-10(15)7-3-1-5-13-9(7)11(14)16/h1,3,5H,2,4,6H2,(H2,12,17). The number of aromatic nitrogens is 1. The molecule has 2 rings (SSSR count). The van der Waals surface area contributed by atoms with Gasteiger partial charge >= 0.3 is 0 Å². The number of thiocarbonyl (C=S) groups is 1. The molecule has 1 aliphatic rings. The van der Waals surface area contributed by atoms with Crippen molar-refractivity contribution in [3.8, 4) is 0 Å². The van der Waals surface area contributed by atoms with Crippen molar-refractivity contribution in [2.45, 2.75) is 12.8 Å². The van der Waals surface area contributed by atoms with Crippen molar-refractivity contribution in [3.63, 3.8) is 0 Å². The Bertz CT molecular complexity index is 466. The maximum Gasteiger partial charge on any atom is 0.280 e. The van der Waals surface area contributed by atoms with Crippen LogP contribution in [0.15, 0.2) is 18.3 Å². The van der Waals surface area contributed by atoms with Crippen LogP contribution < -0.4 is 5.73 Å². The molecule has 0 atom stereocenters. The Kier molecular flexibility index (Phi) is 3.14. The average molecular weight is 249 g/mol. The van der Waals surface area contributed by atoms with E-state index in [4.69, 9.17) is 18.0 Å². The number of carbonyl (C=O) groups is 2. The minimum absolute atomic E-state index is 0.229. The predicted molar refractivity (Wildman–Crippen MR) is 65.6 cm³/mol. The van der Waals surface area contributed by atoms with E-state index < -0.39 is 0 Å². The maximum absolute atomic E-state index is 11.9. The molecule has 88 valence electrons.